The van der Waals surface area contributed by atoms with Crippen molar-refractivity contribution in [3.05, 3.63) is 87.3 Å². The number of aryl methyl sites for hydroxylation is 3. The summed E-state index contributed by atoms with van der Waals surface area (Å²) in [5.41, 5.74) is 11.7. The zero-order chi connectivity index (χ0) is 38.1. The van der Waals surface area contributed by atoms with Crippen LogP contribution in [0.25, 0.3) is 0 Å². The molecule has 0 aromatic carbocycles. The molecule has 3 heterocycles. The van der Waals surface area contributed by atoms with Gasteiger partial charge in [0, 0.05) is 18.6 Å². The van der Waals surface area contributed by atoms with E-state index in [-0.39, 0.29) is 0 Å². The average molecular weight is 665 g/mol. The van der Waals surface area contributed by atoms with Crippen molar-refractivity contribution in [2.24, 2.45) is 10.3 Å². The van der Waals surface area contributed by atoms with Crippen LogP contribution in [0.3, 0.4) is 0 Å². The Labute approximate surface area is 294 Å². The topological polar surface area (TPSA) is 117 Å². The van der Waals surface area contributed by atoms with Gasteiger partial charge in [0.25, 0.3) is 0 Å². The number of pyridine rings is 3. The zero-order valence-electron chi connectivity index (χ0n) is 33.8. The Kier molecular flexibility index (Phi) is 27.3. The Bertz CT molecular complexity index is 1390. The second-order valence-corrected chi connectivity index (χ2v) is 11.4. The second-order valence-electron chi connectivity index (χ2n) is 11.4. The van der Waals surface area contributed by atoms with Crippen LogP contribution in [0.15, 0.2) is 47.1 Å². The van der Waals surface area contributed by atoms with Crippen molar-refractivity contribution in [2.75, 3.05) is 7.11 Å². The smallest absolute Gasteiger partial charge is 0.106 e. The van der Waals surface area contributed by atoms with Crippen LogP contribution in [0, 0.1) is 26.2 Å². The first-order valence-electron chi connectivity index (χ1n) is 17.4. The lowest BCUT2D eigenvalue weighted by Crippen LogP contribution is -2.02. The van der Waals surface area contributed by atoms with Crippen LogP contribution in [0.2, 0.25) is 0 Å². The summed E-state index contributed by atoms with van der Waals surface area (Å²) in [5, 5.41) is 23.0. The normalized spacial score (nSPS) is 10.5. The van der Waals surface area contributed by atoms with Crippen molar-refractivity contribution in [3.8, 4) is 0 Å². The van der Waals surface area contributed by atoms with Gasteiger partial charge in [-0.3, -0.25) is 15.0 Å². The molecule has 8 nitrogen and oxygen atoms in total. The van der Waals surface area contributed by atoms with Gasteiger partial charge in [-0.15, -0.1) is 0 Å². The molecule has 270 valence electrons. The third kappa shape index (κ3) is 17.3. The number of rotatable bonds is 7. The molecule has 0 saturated heterocycles. The van der Waals surface area contributed by atoms with Gasteiger partial charge in [0.15, 0.2) is 0 Å². The van der Waals surface area contributed by atoms with Crippen molar-refractivity contribution < 1.29 is 10.0 Å². The monoisotopic (exact) mass is 665 g/mol. The fraction of sp³-hybridized carbons (Fsp3) is 0.550. The molecule has 3 aromatic rings. The van der Waals surface area contributed by atoms with Crippen molar-refractivity contribution >= 4 is 17.1 Å². The minimum Gasteiger partial charge on any atom is -0.411 e. The largest absolute Gasteiger partial charge is 0.411 e. The predicted octanol–water partition coefficient (Wildman–Crippen LogP) is 11.6. The molecule has 2 N–H and O–H groups in total. The summed E-state index contributed by atoms with van der Waals surface area (Å²) in [5.74, 6) is 1.49. The minimum absolute atomic E-state index is 0.475. The van der Waals surface area contributed by atoms with Gasteiger partial charge in [0.2, 0.25) is 0 Å². The maximum Gasteiger partial charge on any atom is 0.106 e. The maximum atomic E-state index is 8.61. The molecule has 0 bridgehead atoms. The highest BCUT2D eigenvalue weighted by molar-refractivity contribution is 5.97. The molecule has 3 rings (SSSR count). The van der Waals surface area contributed by atoms with Crippen molar-refractivity contribution in [1.82, 2.24) is 15.0 Å². The summed E-state index contributed by atoms with van der Waals surface area (Å²) in [4.78, 5) is 17.6. The summed E-state index contributed by atoms with van der Waals surface area (Å²) in [7, 11) is 1.54. The van der Waals surface area contributed by atoms with Gasteiger partial charge in [-0.25, -0.2) is 0 Å². The first kappa shape index (κ1) is 48.5. The summed E-state index contributed by atoms with van der Waals surface area (Å²) in [6, 6.07) is 5.98. The SMILES string of the molecule is C/C(=N\O)c1cc(C)c(C(C)C)cn1.CC.CC.CC.CC(=N)c1cc(C)c(C(C)C)cn1.CO/N=C(\C)c1cc(C)c(C(C)C)cn1. The summed E-state index contributed by atoms with van der Waals surface area (Å²) < 4.78 is 0. The Morgan fingerprint density at radius 2 is 0.896 bits per heavy atom. The third-order valence-corrected chi connectivity index (χ3v) is 6.82. The first-order valence-corrected chi connectivity index (χ1v) is 17.4. The second kappa shape index (κ2) is 27.1. The Morgan fingerprint density at radius 3 is 1.15 bits per heavy atom. The van der Waals surface area contributed by atoms with Gasteiger partial charge in [-0.05, 0) is 111 Å². The van der Waals surface area contributed by atoms with E-state index in [0.717, 1.165) is 22.8 Å². The Hall–Kier alpha value is -3.94. The fourth-order valence-electron chi connectivity index (χ4n) is 4.35. The van der Waals surface area contributed by atoms with Gasteiger partial charge < -0.3 is 15.5 Å². The highest BCUT2D eigenvalue weighted by Gasteiger charge is 2.08. The van der Waals surface area contributed by atoms with Crippen LogP contribution in [-0.2, 0) is 4.84 Å². The van der Waals surface area contributed by atoms with Crippen molar-refractivity contribution in [1.29, 1.82) is 5.41 Å². The Balaban J connectivity index is -0.000000586. The Morgan fingerprint density at radius 1 is 0.604 bits per heavy atom. The molecule has 8 heteroatoms. The van der Waals surface area contributed by atoms with E-state index in [4.69, 9.17) is 15.5 Å². The lowest BCUT2D eigenvalue weighted by atomic mass is 9.99. The summed E-state index contributed by atoms with van der Waals surface area (Å²) in [6.45, 7) is 36.5. The van der Waals surface area contributed by atoms with Crippen LogP contribution in [0.1, 0.15) is 172 Å². The molecule has 0 atom stereocenters. The lowest BCUT2D eigenvalue weighted by molar-refractivity contribution is 0.213. The first-order chi connectivity index (χ1) is 22.6. The van der Waals surface area contributed by atoms with Crippen LogP contribution in [0.5, 0.6) is 0 Å². The molecule has 0 saturated carbocycles. The summed E-state index contributed by atoms with van der Waals surface area (Å²) in [6.07, 6.45) is 5.65. The standard InChI is InChI=1S/C12H18N2O.C11H16N2O.C11H16N2.3C2H6/c1-8(2)11-7-13-12(6-9(11)3)10(4)14-15-5;1-7(2)10-6-12-11(5-8(10)3)9(4)13-14;1-7(2)10-6-13-11(9(4)12)5-8(10)3;3*1-2/h6-8H,1-5H3;5-7,14H,1-4H3;5-7,12H,1-4H3;3*1-2H3/b14-10+;13-9+;;;;. The number of nitrogens with one attached hydrogen (secondary N) is 1. The number of hydrogen-bond donors (Lipinski definition) is 2. The van der Waals surface area contributed by atoms with Gasteiger partial charge in [-0.2, -0.15) is 0 Å². The zero-order valence-corrected chi connectivity index (χ0v) is 33.8. The van der Waals surface area contributed by atoms with Crippen LogP contribution in [-0.4, -0.2) is 44.4 Å². The fourth-order valence-corrected chi connectivity index (χ4v) is 4.35. The highest BCUT2D eigenvalue weighted by atomic mass is 16.6. The number of hydrogen-bond acceptors (Lipinski definition) is 8. The molecule has 48 heavy (non-hydrogen) atoms. The number of oxime groups is 2. The number of aromatic nitrogens is 3. The van der Waals surface area contributed by atoms with E-state index in [2.05, 4.69) is 80.7 Å². The van der Waals surface area contributed by atoms with Crippen LogP contribution >= 0.6 is 0 Å². The molecule has 0 amide bonds. The third-order valence-electron chi connectivity index (χ3n) is 6.82. The molecule has 3 aromatic heterocycles. The molecule has 0 fully saturated rings. The molecule has 0 aliphatic rings. The van der Waals surface area contributed by atoms with E-state index in [1.54, 1.807) is 21.0 Å². The van der Waals surface area contributed by atoms with Gasteiger partial charge in [0.05, 0.1) is 22.8 Å². The quantitative estimate of drug-likeness (QED) is 0.148. The minimum atomic E-state index is 0.475. The van der Waals surface area contributed by atoms with E-state index < -0.39 is 0 Å². The van der Waals surface area contributed by atoms with E-state index in [9.17, 15) is 0 Å². The predicted molar refractivity (Wildman–Crippen MR) is 209 cm³/mol. The molecular formula is C40H68N6O2. The van der Waals surface area contributed by atoms with E-state index >= 15 is 0 Å². The number of nitrogens with zero attached hydrogens (tertiary/aromatic N) is 5. The van der Waals surface area contributed by atoms with Gasteiger partial charge in [0.1, 0.15) is 18.5 Å². The highest BCUT2D eigenvalue weighted by Crippen LogP contribution is 2.20. The molecule has 0 radical (unpaired) electrons. The molecule has 0 unspecified atom stereocenters. The van der Waals surface area contributed by atoms with Crippen LogP contribution < -0.4 is 0 Å². The molecule has 0 spiro atoms. The maximum absolute atomic E-state index is 8.61. The van der Waals surface area contributed by atoms with Crippen molar-refractivity contribution in [2.45, 2.75) is 142 Å². The molecule has 0 aliphatic carbocycles. The van der Waals surface area contributed by atoms with E-state index in [1.807, 2.05) is 92.2 Å². The van der Waals surface area contributed by atoms with E-state index in [1.165, 1.54) is 33.4 Å². The molecule has 0 aliphatic heterocycles. The lowest BCUT2D eigenvalue weighted by Gasteiger charge is -2.10. The summed E-state index contributed by atoms with van der Waals surface area (Å²) >= 11 is 0. The average Bonchev–Trinajstić information content (AvgIpc) is 3.07. The van der Waals surface area contributed by atoms with Gasteiger partial charge >= 0.3 is 0 Å². The molecular weight excluding hydrogens is 596 g/mol. The van der Waals surface area contributed by atoms with E-state index in [0.29, 0.717) is 29.2 Å². The van der Waals surface area contributed by atoms with Crippen molar-refractivity contribution in [3.63, 3.8) is 0 Å². The van der Waals surface area contributed by atoms with Gasteiger partial charge in [-0.1, -0.05) is 93.4 Å². The van der Waals surface area contributed by atoms with Crippen LogP contribution in [0.4, 0.5) is 0 Å².